The first-order chi connectivity index (χ1) is 10.2. The molecule has 1 saturated heterocycles. The summed E-state index contributed by atoms with van der Waals surface area (Å²) in [6, 6.07) is 19.6. The molecule has 1 fully saturated rings. The molecule has 0 radical (unpaired) electrons. The van der Waals surface area contributed by atoms with Crippen LogP contribution in [0.1, 0.15) is 11.1 Å². The zero-order chi connectivity index (χ0) is 14.7. The fourth-order valence-electron chi connectivity index (χ4n) is 2.82. The molecule has 0 spiro atoms. The van der Waals surface area contributed by atoms with E-state index in [1.807, 2.05) is 60.7 Å². The van der Waals surface area contributed by atoms with E-state index >= 15 is 0 Å². The molecule has 4 nitrogen and oxygen atoms in total. The summed E-state index contributed by atoms with van der Waals surface area (Å²) in [5.41, 5.74) is 1.21. The Morgan fingerprint density at radius 1 is 1.00 bits per heavy atom. The summed E-state index contributed by atoms with van der Waals surface area (Å²) in [6.45, 7) is 1.09. The zero-order valence-corrected chi connectivity index (χ0v) is 11.6. The molecule has 1 aliphatic rings. The Morgan fingerprint density at radius 2 is 1.52 bits per heavy atom. The minimum Gasteiger partial charge on any atom is -0.465 e. The van der Waals surface area contributed by atoms with Gasteiger partial charge < -0.3 is 14.7 Å². The lowest BCUT2D eigenvalue weighted by Crippen LogP contribution is -2.52. The summed E-state index contributed by atoms with van der Waals surface area (Å²) >= 11 is 0. The summed E-state index contributed by atoms with van der Waals surface area (Å²) in [5.74, 6) is 0. The van der Waals surface area contributed by atoms with Crippen LogP contribution in [0.4, 0.5) is 4.79 Å². The van der Waals surface area contributed by atoms with Gasteiger partial charge in [0.05, 0.1) is 13.2 Å². The quantitative estimate of drug-likeness (QED) is 0.922. The van der Waals surface area contributed by atoms with Gasteiger partial charge in [-0.1, -0.05) is 60.7 Å². The summed E-state index contributed by atoms with van der Waals surface area (Å²) in [5, 5.41) is 9.33. The number of benzene rings is 2. The molecule has 1 heterocycles. The summed E-state index contributed by atoms with van der Waals surface area (Å²) in [4.78, 5) is 12.8. The van der Waals surface area contributed by atoms with Gasteiger partial charge in [0, 0.05) is 6.54 Å². The Balaban J connectivity index is 2.09. The molecule has 21 heavy (non-hydrogen) atoms. The molecule has 1 N–H and O–H groups in total. The molecule has 4 heteroatoms. The van der Waals surface area contributed by atoms with E-state index in [4.69, 9.17) is 4.74 Å². The van der Waals surface area contributed by atoms with Gasteiger partial charge in [-0.05, 0) is 11.1 Å². The Hall–Kier alpha value is -2.33. The van der Waals surface area contributed by atoms with Crippen molar-refractivity contribution in [1.82, 2.24) is 4.90 Å². The molecule has 0 bridgehead atoms. The van der Waals surface area contributed by atoms with E-state index in [2.05, 4.69) is 0 Å². The van der Waals surface area contributed by atoms with Gasteiger partial charge in [-0.25, -0.2) is 4.79 Å². The lowest BCUT2D eigenvalue weighted by Gasteiger charge is -2.42. The second kappa shape index (κ2) is 5.58. The van der Waals surface area contributed by atoms with Crippen LogP contribution in [0.15, 0.2) is 60.7 Å². The molecule has 2 aromatic carbocycles. The van der Waals surface area contributed by atoms with Crippen molar-refractivity contribution in [2.45, 2.75) is 5.60 Å². The maximum atomic E-state index is 11.4. The van der Waals surface area contributed by atoms with E-state index in [9.17, 15) is 9.90 Å². The van der Waals surface area contributed by atoms with Crippen LogP contribution in [-0.2, 0) is 10.3 Å². The number of carbonyl (C=O) groups is 1. The molecular weight excluding hydrogens is 266 g/mol. The summed E-state index contributed by atoms with van der Waals surface area (Å²) < 4.78 is 6.11. The molecule has 1 amide bonds. The molecular formula is C17H17NO3. The zero-order valence-electron chi connectivity index (χ0n) is 11.6. The third kappa shape index (κ3) is 2.50. The van der Waals surface area contributed by atoms with E-state index in [-0.39, 0.29) is 0 Å². The van der Waals surface area contributed by atoms with Gasteiger partial charge in [0.1, 0.15) is 5.60 Å². The highest BCUT2D eigenvalue weighted by molar-refractivity contribution is 5.65. The van der Waals surface area contributed by atoms with Crippen LogP contribution in [0.5, 0.6) is 0 Å². The maximum Gasteiger partial charge on any atom is 0.407 e. The molecule has 0 atom stereocenters. The number of hydrogen-bond acceptors (Lipinski definition) is 2. The Labute approximate surface area is 123 Å². The third-order valence-electron chi connectivity index (χ3n) is 3.87. The number of carboxylic acid groups (broad SMARTS) is 1. The molecule has 0 aromatic heterocycles. The highest BCUT2D eigenvalue weighted by Gasteiger charge is 2.41. The van der Waals surface area contributed by atoms with Gasteiger partial charge in [0.2, 0.25) is 0 Å². The van der Waals surface area contributed by atoms with E-state index in [0.717, 1.165) is 11.1 Å². The van der Waals surface area contributed by atoms with Crippen molar-refractivity contribution in [3.8, 4) is 0 Å². The number of nitrogens with zero attached hydrogens (tertiary/aromatic N) is 1. The molecule has 0 saturated carbocycles. The predicted molar refractivity (Wildman–Crippen MR) is 79.2 cm³/mol. The second-order valence-corrected chi connectivity index (χ2v) is 5.11. The van der Waals surface area contributed by atoms with E-state index < -0.39 is 11.7 Å². The third-order valence-corrected chi connectivity index (χ3v) is 3.87. The Bertz CT molecular complexity index is 573. The van der Waals surface area contributed by atoms with E-state index in [0.29, 0.717) is 19.7 Å². The minimum atomic E-state index is -0.908. The predicted octanol–water partition coefficient (Wildman–Crippen LogP) is 2.94. The van der Waals surface area contributed by atoms with Crippen molar-refractivity contribution in [1.29, 1.82) is 0 Å². The van der Waals surface area contributed by atoms with Crippen molar-refractivity contribution in [3.05, 3.63) is 71.8 Å². The Kier molecular flexibility index (Phi) is 3.62. The van der Waals surface area contributed by atoms with Crippen LogP contribution in [0, 0.1) is 0 Å². The first-order valence-electron chi connectivity index (χ1n) is 6.95. The molecule has 0 aliphatic carbocycles. The fourth-order valence-corrected chi connectivity index (χ4v) is 2.82. The maximum absolute atomic E-state index is 11.4. The van der Waals surface area contributed by atoms with E-state index in [1.54, 1.807) is 0 Å². The van der Waals surface area contributed by atoms with Gasteiger partial charge in [-0.3, -0.25) is 0 Å². The van der Waals surface area contributed by atoms with Gasteiger partial charge in [-0.15, -0.1) is 0 Å². The molecule has 0 unspecified atom stereocenters. The standard InChI is InChI=1S/C17H17NO3/c19-16(20)18-11-12-21-17(13-18,14-7-3-1-4-8-14)15-9-5-2-6-10-15/h1-10H,11-13H2,(H,19,20). The number of ether oxygens (including phenoxy) is 1. The van der Waals surface area contributed by atoms with Gasteiger partial charge >= 0.3 is 6.09 Å². The molecule has 108 valence electrons. The molecule has 3 rings (SSSR count). The normalized spacial score (nSPS) is 17.4. The summed E-state index contributed by atoms with van der Waals surface area (Å²) in [6.07, 6.45) is -0.908. The van der Waals surface area contributed by atoms with Crippen molar-refractivity contribution < 1.29 is 14.6 Å². The Morgan fingerprint density at radius 3 is 2.00 bits per heavy atom. The average molecular weight is 283 g/mol. The lowest BCUT2D eigenvalue weighted by molar-refractivity contribution is -0.0804. The number of morpholine rings is 1. The van der Waals surface area contributed by atoms with Gasteiger partial charge in [-0.2, -0.15) is 0 Å². The topological polar surface area (TPSA) is 49.8 Å². The molecule has 2 aromatic rings. The average Bonchev–Trinajstić information content (AvgIpc) is 2.56. The van der Waals surface area contributed by atoms with Crippen LogP contribution in [-0.4, -0.2) is 35.8 Å². The lowest BCUT2D eigenvalue weighted by atomic mass is 9.84. The van der Waals surface area contributed by atoms with Crippen molar-refractivity contribution >= 4 is 6.09 Å². The van der Waals surface area contributed by atoms with E-state index in [1.165, 1.54) is 4.90 Å². The van der Waals surface area contributed by atoms with Crippen LogP contribution in [0.3, 0.4) is 0 Å². The van der Waals surface area contributed by atoms with Gasteiger partial charge in [0.15, 0.2) is 0 Å². The van der Waals surface area contributed by atoms with Crippen molar-refractivity contribution in [3.63, 3.8) is 0 Å². The van der Waals surface area contributed by atoms with Crippen LogP contribution >= 0.6 is 0 Å². The smallest absolute Gasteiger partial charge is 0.407 e. The van der Waals surface area contributed by atoms with Crippen LogP contribution in [0.2, 0.25) is 0 Å². The number of hydrogen-bond donors (Lipinski definition) is 1. The second-order valence-electron chi connectivity index (χ2n) is 5.11. The SMILES string of the molecule is O=C(O)N1CCOC(c2ccccc2)(c2ccccc2)C1. The number of amides is 1. The first-order valence-corrected chi connectivity index (χ1v) is 6.95. The van der Waals surface area contributed by atoms with Crippen molar-refractivity contribution in [2.75, 3.05) is 19.7 Å². The minimum absolute atomic E-state index is 0.302. The van der Waals surface area contributed by atoms with Crippen molar-refractivity contribution in [2.24, 2.45) is 0 Å². The van der Waals surface area contributed by atoms with Crippen LogP contribution in [0.25, 0.3) is 0 Å². The van der Waals surface area contributed by atoms with Gasteiger partial charge in [0.25, 0.3) is 0 Å². The highest BCUT2D eigenvalue weighted by Crippen LogP contribution is 2.36. The largest absolute Gasteiger partial charge is 0.465 e. The summed E-state index contributed by atoms with van der Waals surface area (Å²) in [7, 11) is 0. The monoisotopic (exact) mass is 283 g/mol. The number of rotatable bonds is 2. The van der Waals surface area contributed by atoms with Crippen LogP contribution < -0.4 is 0 Å². The fraction of sp³-hybridized carbons (Fsp3) is 0.235. The molecule has 1 aliphatic heterocycles. The first kappa shape index (κ1) is 13.6. The highest BCUT2D eigenvalue weighted by atomic mass is 16.5.